The van der Waals surface area contributed by atoms with E-state index in [1.54, 1.807) is 14.0 Å². The number of nitrogens with zero attached hydrogens (tertiary/aromatic N) is 1. The van der Waals surface area contributed by atoms with Crippen molar-refractivity contribution in [2.24, 2.45) is 10.7 Å². The van der Waals surface area contributed by atoms with Gasteiger partial charge in [0.2, 0.25) is 0 Å². The SMILES string of the molecule is C=C(C)CCCC.C=C(C)OC(C)(C)C.C=C(Cl)/C(C)=C(/N)C(Cl)=NC.CCc1ccc(CC)cc1. The van der Waals surface area contributed by atoms with Gasteiger partial charge in [0.05, 0.1) is 11.5 Å². The highest BCUT2D eigenvalue weighted by molar-refractivity contribution is 6.69. The maximum Gasteiger partial charge on any atom is 0.146 e. The summed E-state index contributed by atoms with van der Waals surface area (Å²) in [6, 6.07) is 8.83. The van der Waals surface area contributed by atoms with E-state index in [1.807, 2.05) is 27.7 Å². The molecule has 1 aromatic rings. The van der Waals surface area contributed by atoms with E-state index in [2.05, 4.69) is 76.7 Å². The Morgan fingerprint density at radius 2 is 1.33 bits per heavy atom. The Morgan fingerprint density at radius 3 is 1.50 bits per heavy atom. The molecule has 2 N–H and O–H groups in total. The van der Waals surface area contributed by atoms with Crippen molar-refractivity contribution in [2.45, 2.75) is 100 Å². The number of hydrogen-bond acceptors (Lipinski definition) is 3. The van der Waals surface area contributed by atoms with E-state index in [9.17, 15) is 0 Å². The fraction of sp³-hybridized carbons (Fsp3) is 0.516. The summed E-state index contributed by atoms with van der Waals surface area (Å²) in [5.74, 6) is 0.775. The van der Waals surface area contributed by atoms with Crippen molar-refractivity contribution >= 4 is 28.4 Å². The van der Waals surface area contributed by atoms with Gasteiger partial charge in [0.15, 0.2) is 0 Å². The number of aryl methyl sites for hydroxylation is 2. The maximum atomic E-state index is 5.62. The molecule has 0 unspecified atom stereocenters. The molecule has 36 heavy (non-hydrogen) atoms. The summed E-state index contributed by atoms with van der Waals surface area (Å²) in [5, 5.41) is 0.633. The van der Waals surface area contributed by atoms with E-state index in [0.29, 0.717) is 16.3 Å². The van der Waals surface area contributed by atoms with Crippen LogP contribution >= 0.6 is 23.2 Å². The molecular formula is C31H52Cl2N2O. The van der Waals surface area contributed by atoms with E-state index < -0.39 is 0 Å². The Kier molecular flexibility index (Phi) is 23.8. The molecule has 0 spiro atoms. The predicted octanol–water partition coefficient (Wildman–Crippen LogP) is 10.1. The second kappa shape index (κ2) is 22.2. The zero-order valence-corrected chi connectivity index (χ0v) is 26.2. The second-order valence-electron chi connectivity index (χ2n) is 9.46. The number of hydrogen-bond donors (Lipinski definition) is 1. The molecule has 0 aliphatic rings. The first-order valence-corrected chi connectivity index (χ1v) is 13.3. The monoisotopic (exact) mass is 538 g/mol. The van der Waals surface area contributed by atoms with Crippen molar-refractivity contribution < 1.29 is 4.74 Å². The number of allylic oxidation sites excluding steroid dienone is 5. The van der Waals surface area contributed by atoms with Crippen LogP contribution < -0.4 is 5.73 Å². The van der Waals surface area contributed by atoms with Gasteiger partial charge in [-0.3, -0.25) is 4.99 Å². The van der Waals surface area contributed by atoms with Crippen molar-refractivity contribution in [3.63, 3.8) is 0 Å². The third-order valence-corrected chi connectivity index (χ3v) is 5.16. The lowest BCUT2D eigenvalue weighted by molar-refractivity contribution is 0.0544. The number of aliphatic imine (C=N–C) groups is 1. The van der Waals surface area contributed by atoms with Gasteiger partial charge in [-0.2, -0.15) is 0 Å². The molecule has 1 rings (SSSR count). The van der Waals surface area contributed by atoms with Gasteiger partial charge in [0.25, 0.3) is 0 Å². The standard InChI is InChI=1S/C10H14.C7H10Cl2N2.C7H14O.C7H14/c1-3-9-5-7-10(4-2)8-6-9;1-4(5(2)8)6(10)7(9)11-3;1-6(2)8-7(3,4)5;1-4-5-6-7(2)3/h5-8H,3-4H2,1-2H3;2,10H2,1,3H3;1H2,2-5H3;2,4-6H2,1,3H3/b;6-4+,11-7?;;. The van der Waals surface area contributed by atoms with Gasteiger partial charge in [-0.05, 0) is 83.9 Å². The van der Waals surface area contributed by atoms with E-state index >= 15 is 0 Å². The summed E-state index contributed by atoms with van der Waals surface area (Å²) in [5.41, 5.74) is 10.7. The largest absolute Gasteiger partial charge is 0.493 e. The highest BCUT2D eigenvalue weighted by atomic mass is 35.5. The van der Waals surface area contributed by atoms with Crippen LogP contribution in [0.2, 0.25) is 0 Å². The summed E-state index contributed by atoms with van der Waals surface area (Å²) in [6.45, 7) is 29.1. The fourth-order valence-electron chi connectivity index (χ4n) is 2.43. The van der Waals surface area contributed by atoms with Crippen LogP contribution in [0, 0.1) is 0 Å². The van der Waals surface area contributed by atoms with Crippen LogP contribution in [0.15, 0.2) is 76.6 Å². The van der Waals surface area contributed by atoms with Crippen LogP contribution in [-0.4, -0.2) is 17.8 Å². The molecule has 1 aromatic carbocycles. The van der Waals surface area contributed by atoms with Crippen LogP contribution in [0.4, 0.5) is 0 Å². The first-order chi connectivity index (χ1) is 16.6. The van der Waals surface area contributed by atoms with Crippen molar-refractivity contribution in [1.82, 2.24) is 0 Å². The van der Waals surface area contributed by atoms with Gasteiger partial charge in [0, 0.05) is 12.1 Å². The van der Waals surface area contributed by atoms with Crippen molar-refractivity contribution in [3.8, 4) is 0 Å². The van der Waals surface area contributed by atoms with Crippen molar-refractivity contribution in [1.29, 1.82) is 0 Å². The molecular weight excluding hydrogens is 487 g/mol. The molecule has 0 aromatic heterocycles. The zero-order valence-electron chi connectivity index (χ0n) is 24.7. The third kappa shape index (κ3) is 25.1. The third-order valence-electron chi connectivity index (χ3n) is 4.51. The average molecular weight is 540 g/mol. The number of rotatable bonds is 8. The van der Waals surface area contributed by atoms with Gasteiger partial charge < -0.3 is 10.5 Å². The summed E-state index contributed by atoms with van der Waals surface area (Å²) in [6.07, 6.45) is 6.08. The summed E-state index contributed by atoms with van der Waals surface area (Å²) in [4.78, 5) is 3.69. The molecule has 0 heterocycles. The van der Waals surface area contributed by atoms with Crippen LogP contribution in [0.25, 0.3) is 0 Å². The number of nitrogens with two attached hydrogens (primary N) is 1. The zero-order chi connectivity index (χ0) is 28.9. The number of ether oxygens (including phenoxy) is 1. The second-order valence-corrected chi connectivity index (χ2v) is 10.3. The minimum atomic E-state index is -0.0775. The Bertz CT molecular complexity index is 806. The topological polar surface area (TPSA) is 47.6 Å². The Balaban J connectivity index is -0.000000410. The minimum Gasteiger partial charge on any atom is -0.493 e. The Morgan fingerprint density at radius 1 is 0.917 bits per heavy atom. The van der Waals surface area contributed by atoms with Gasteiger partial charge in [-0.1, -0.05) is 93.4 Å². The molecule has 0 bridgehead atoms. The van der Waals surface area contributed by atoms with E-state index in [1.165, 1.54) is 36.0 Å². The molecule has 0 atom stereocenters. The lowest BCUT2D eigenvalue weighted by Crippen LogP contribution is -2.17. The predicted molar refractivity (Wildman–Crippen MR) is 166 cm³/mol. The fourth-order valence-corrected chi connectivity index (χ4v) is 2.68. The molecule has 5 heteroatoms. The lowest BCUT2D eigenvalue weighted by atomic mass is 10.1. The van der Waals surface area contributed by atoms with Crippen LogP contribution in [0.3, 0.4) is 0 Å². The first-order valence-electron chi connectivity index (χ1n) is 12.6. The summed E-state index contributed by atoms with van der Waals surface area (Å²) in [7, 11) is 1.56. The van der Waals surface area contributed by atoms with Crippen LogP contribution in [-0.2, 0) is 17.6 Å². The van der Waals surface area contributed by atoms with Gasteiger partial charge in [-0.15, -0.1) is 6.58 Å². The van der Waals surface area contributed by atoms with Gasteiger partial charge in [-0.25, -0.2) is 0 Å². The lowest BCUT2D eigenvalue weighted by Gasteiger charge is -2.20. The Hall–Kier alpha value is -1.97. The number of halogens is 2. The van der Waals surface area contributed by atoms with Gasteiger partial charge in [0.1, 0.15) is 10.8 Å². The van der Waals surface area contributed by atoms with Crippen molar-refractivity contribution in [3.05, 3.63) is 82.8 Å². The molecule has 0 amide bonds. The number of benzene rings is 1. The molecule has 0 fully saturated rings. The molecule has 0 aliphatic carbocycles. The smallest absolute Gasteiger partial charge is 0.146 e. The minimum absolute atomic E-state index is 0.0775. The van der Waals surface area contributed by atoms with Crippen LogP contribution in [0.1, 0.15) is 92.7 Å². The Labute approximate surface area is 233 Å². The molecule has 0 radical (unpaired) electrons. The molecule has 0 saturated carbocycles. The first kappa shape index (κ1) is 38.6. The van der Waals surface area contributed by atoms with E-state index in [0.717, 1.165) is 18.6 Å². The summed E-state index contributed by atoms with van der Waals surface area (Å²) < 4.78 is 5.24. The van der Waals surface area contributed by atoms with Crippen LogP contribution in [0.5, 0.6) is 0 Å². The van der Waals surface area contributed by atoms with E-state index in [4.69, 9.17) is 33.7 Å². The normalized spacial score (nSPS) is 11.3. The molecule has 0 aliphatic heterocycles. The van der Waals surface area contributed by atoms with E-state index in [-0.39, 0.29) is 10.8 Å². The average Bonchev–Trinajstić information content (AvgIpc) is 2.80. The maximum absolute atomic E-state index is 5.62. The quantitative estimate of drug-likeness (QED) is 0.155. The number of unbranched alkanes of at least 4 members (excludes halogenated alkanes) is 1. The molecule has 206 valence electrons. The highest BCUT2D eigenvalue weighted by Crippen LogP contribution is 2.15. The summed E-state index contributed by atoms with van der Waals surface area (Å²) >= 11 is 11.2. The van der Waals surface area contributed by atoms with Crippen molar-refractivity contribution in [2.75, 3.05) is 7.05 Å². The van der Waals surface area contributed by atoms with Gasteiger partial charge >= 0.3 is 0 Å². The highest BCUT2D eigenvalue weighted by Gasteiger charge is 2.09. The molecule has 3 nitrogen and oxygen atoms in total. The molecule has 0 saturated heterocycles.